The largest absolute Gasteiger partial charge is 0.490 e. The number of nitrogens with one attached hydrogen (secondary N) is 1. The van der Waals surface area contributed by atoms with Crippen LogP contribution < -0.4 is 14.8 Å². The maximum atomic E-state index is 14.0. The van der Waals surface area contributed by atoms with Gasteiger partial charge in [-0.15, -0.1) is 24.0 Å². The molecule has 0 radical (unpaired) electrons. The number of rotatable bonds is 6. The second-order valence-electron chi connectivity index (χ2n) is 7.77. The van der Waals surface area contributed by atoms with Gasteiger partial charge >= 0.3 is 0 Å². The second-order valence-corrected chi connectivity index (χ2v) is 7.77. The van der Waals surface area contributed by atoms with Crippen molar-refractivity contribution in [2.24, 2.45) is 4.99 Å². The van der Waals surface area contributed by atoms with Gasteiger partial charge in [-0.1, -0.05) is 18.2 Å². The van der Waals surface area contributed by atoms with Crippen molar-refractivity contribution < 1.29 is 18.6 Å². The van der Waals surface area contributed by atoms with Crippen LogP contribution in [0.4, 0.5) is 4.39 Å². The molecule has 6 nitrogen and oxygen atoms in total. The van der Waals surface area contributed by atoms with E-state index in [0.717, 1.165) is 61.1 Å². The van der Waals surface area contributed by atoms with Gasteiger partial charge in [0.2, 0.25) is 0 Å². The van der Waals surface area contributed by atoms with E-state index in [4.69, 9.17) is 19.2 Å². The minimum absolute atomic E-state index is 0. The second kappa shape index (κ2) is 12.2. The van der Waals surface area contributed by atoms with E-state index in [9.17, 15) is 4.39 Å². The average Bonchev–Trinajstić information content (AvgIpc) is 2.79. The molecule has 8 heteroatoms. The van der Waals surface area contributed by atoms with Gasteiger partial charge in [-0.25, -0.2) is 4.39 Å². The number of para-hydroxylation sites is 1. The molecule has 2 heterocycles. The number of hydrogen-bond acceptors (Lipinski definition) is 4. The zero-order valence-corrected chi connectivity index (χ0v) is 20.7. The molecule has 2 aromatic rings. The number of fused-ring (bicyclic) bond motifs is 1. The van der Waals surface area contributed by atoms with E-state index in [-0.39, 0.29) is 42.7 Å². The summed E-state index contributed by atoms with van der Waals surface area (Å²) in [5.41, 5.74) is 1.60. The molecule has 0 bridgehead atoms. The van der Waals surface area contributed by atoms with Crippen LogP contribution in [0.2, 0.25) is 0 Å². The van der Waals surface area contributed by atoms with Gasteiger partial charge in [0.1, 0.15) is 23.4 Å². The summed E-state index contributed by atoms with van der Waals surface area (Å²) in [7, 11) is 0. The number of piperidine rings is 1. The van der Waals surface area contributed by atoms with Gasteiger partial charge in [0.05, 0.1) is 6.61 Å². The number of guanidine groups is 1. The Morgan fingerprint density at radius 3 is 2.75 bits per heavy atom. The number of nitrogens with zero attached hydrogens (tertiary/aromatic N) is 2. The molecule has 174 valence electrons. The van der Waals surface area contributed by atoms with Gasteiger partial charge in [-0.05, 0) is 43.2 Å². The molecular formula is C24H31FIN3O3. The maximum Gasteiger partial charge on any atom is 0.193 e. The quantitative estimate of drug-likeness (QED) is 0.326. The van der Waals surface area contributed by atoms with E-state index in [0.29, 0.717) is 19.6 Å². The van der Waals surface area contributed by atoms with Crippen LogP contribution in [0.3, 0.4) is 0 Å². The zero-order valence-electron chi connectivity index (χ0n) is 18.4. The number of halogens is 2. The molecule has 1 saturated heterocycles. The summed E-state index contributed by atoms with van der Waals surface area (Å²) in [6, 6.07) is 13.0. The van der Waals surface area contributed by atoms with E-state index < -0.39 is 0 Å². The average molecular weight is 555 g/mol. The molecule has 0 unspecified atom stereocenters. The van der Waals surface area contributed by atoms with Gasteiger partial charge in [0.15, 0.2) is 12.8 Å². The van der Waals surface area contributed by atoms with Crippen molar-refractivity contribution in [1.29, 1.82) is 0 Å². The van der Waals surface area contributed by atoms with Crippen molar-refractivity contribution in [1.82, 2.24) is 10.2 Å². The predicted molar refractivity (Wildman–Crippen MR) is 133 cm³/mol. The highest BCUT2D eigenvalue weighted by Gasteiger charge is 2.23. The van der Waals surface area contributed by atoms with Gasteiger partial charge in [-0.3, -0.25) is 4.99 Å². The molecule has 1 fully saturated rings. The minimum atomic E-state index is -0.265. The predicted octanol–water partition coefficient (Wildman–Crippen LogP) is 4.36. The Balaban J connectivity index is 0.00000289. The lowest BCUT2D eigenvalue weighted by atomic mass is 10.1. The Bertz CT molecular complexity index is 890. The van der Waals surface area contributed by atoms with Crippen molar-refractivity contribution in [3.8, 4) is 11.5 Å². The first-order valence-electron chi connectivity index (χ1n) is 11.0. The Kier molecular flexibility index (Phi) is 9.40. The van der Waals surface area contributed by atoms with Gasteiger partial charge < -0.3 is 24.4 Å². The molecular weight excluding hydrogens is 524 g/mol. The number of likely N-dealkylation sites (tertiary alicyclic amines) is 1. The summed E-state index contributed by atoms with van der Waals surface area (Å²) in [4.78, 5) is 7.08. The summed E-state index contributed by atoms with van der Waals surface area (Å²) in [6.45, 7) is 5.79. The molecule has 4 rings (SSSR count). The lowest BCUT2D eigenvalue weighted by molar-refractivity contribution is -0.0172. The van der Waals surface area contributed by atoms with Crippen molar-refractivity contribution in [2.75, 3.05) is 33.0 Å². The third kappa shape index (κ3) is 6.48. The van der Waals surface area contributed by atoms with Crippen molar-refractivity contribution in [3.05, 3.63) is 59.4 Å². The lowest BCUT2D eigenvalue weighted by Crippen LogP contribution is -2.47. The van der Waals surface area contributed by atoms with Crippen LogP contribution in [-0.4, -0.2) is 49.9 Å². The number of benzene rings is 2. The summed E-state index contributed by atoms with van der Waals surface area (Å²) in [5, 5.41) is 3.39. The van der Waals surface area contributed by atoms with Crippen LogP contribution in [0.25, 0.3) is 0 Å². The Morgan fingerprint density at radius 1 is 1.22 bits per heavy atom. The van der Waals surface area contributed by atoms with Crippen LogP contribution in [0.15, 0.2) is 47.5 Å². The van der Waals surface area contributed by atoms with E-state index in [1.165, 1.54) is 6.07 Å². The molecule has 0 atom stereocenters. The molecule has 2 aromatic carbocycles. The smallest absolute Gasteiger partial charge is 0.193 e. The van der Waals surface area contributed by atoms with E-state index in [2.05, 4.69) is 17.1 Å². The molecule has 1 N–H and O–H groups in total. The van der Waals surface area contributed by atoms with Gasteiger partial charge in [-0.2, -0.15) is 0 Å². The Labute approximate surface area is 206 Å². The summed E-state index contributed by atoms with van der Waals surface area (Å²) >= 11 is 0. The normalized spacial score (nSPS) is 16.6. The molecule has 32 heavy (non-hydrogen) atoms. The number of hydrogen-bond donors (Lipinski definition) is 1. The fourth-order valence-corrected chi connectivity index (χ4v) is 4.03. The van der Waals surface area contributed by atoms with Gasteiger partial charge in [0.25, 0.3) is 0 Å². The first-order chi connectivity index (χ1) is 15.2. The topological polar surface area (TPSA) is 55.3 Å². The lowest BCUT2D eigenvalue weighted by Gasteiger charge is -2.34. The zero-order chi connectivity index (χ0) is 21.5. The molecule has 0 amide bonds. The Morgan fingerprint density at radius 2 is 2.00 bits per heavy atom. The van der Waals surface area contributed by atoms with Crippen molar-refractivity contribution in [3.63, 3.8) is 0 Å². The molecule has 0 aromatic heterocycles. The summed E-state index contributed by atoms with van der Waals surface area (Å²) in [6.07, 6.45) is 2.73. The molecule has 2 aliphatic heterocycles. The standard InChI is InChI=1S/C24H30FN3O3.HI/c1-2-26-24(28-12-9-22(10-13-28)31-21-6-4-3-5-7-21)27-11-8-18-14-20(25)15-19-16-29-17-30-23(18)19;/h3-7,14-15,22H,2,8-13,16-17H2,1H3,(H,26,27);1H. The third-order valence-electron chi connectivity index (χ3n) is 5.52. The van der Waals surface area contributed by atoms with Crippen molar-refractivity contribution in [2.45, 2.75) is 38.9 Å². The summed E-state index contributed by atoms with van der Waals surface area (Å²) in [5.74, 6) is 2.30. The molecule has 0 saturated carbocycles. The van der Waals surface area contributed by atoms with Crippen LogP contribution in [0.1, 0.15) is 30.9 Å². The molecule has 2 aliphatic rings. The highest BCUT2D eigenvalue weighted by Crippen LogP contribution is 2.29. The van der Waals surface area contributed by atoms with Crippen molar-refractivity contribution >= 4 is 29.9 Å². The van der Waals surface area contributed by atoms with E-state index in [1.807, 2.05) is 30.3 Å². The molecule has 0 spiro atoms. The van der Waals surface area contributed by atoms with Crippen LogP contribution in [0, 0.1) is 5.82 Å². The third-order valence-corrected chi connectivity index (χ3v) is 5.52. The number of aliphatic imine (C=N–C) groups is 1. The van der Waals surface area contributed by atoms with Gasteiger partial charge in [0, 0.05) is 44.6 Å². The van der Waals surface area contributed by atoms with Crippen LogP contribution in [-0.2, 0) is 17.8 Å². The first-order valence-corrected chi connectivity index (χ1v) is 11.0. The van der Waals surface area contributed by atoms with Crippen LogP contribution >= 0.6 is 24.0 Å². The van der Waals surface area contributed by atoms with Crippen LogP contribution in [0.5, 0.6) is 11.5 Å². The van der Waals surface area contributed by atoms with E-state index in [1.54, 1.807) is 6.07 Å². The maximum absolute atomic E-state index is 14.0. The Hall–Kier alpha value is -2.07. The van der Waals surface area contributed by atoms with E-state index >= 15 is 0 Å². The monoisotopic (exact) mass is 555 g/mol. The number of ether oxygens (including phenoxy) is 3. The summed E-state index contributed by atoms with van der Waals surface area (Å²) < 4.78 is 30.9. The SMILES string of the molecule is CCNC(=NCCc1cc(F)cc2c1OCOC2)N1CCC(Oc2ccccc2)CC1.I. The fraction of sp³-hybridized carbons (Fsp3) is 0.458. The molecule has 0 aliphatic carbocycles. The highest BCUT2D eigenvalue weighted by atomic mass is 127. The highest BCUT2D eigenvalue weighted by molar-refractivity contribution is 14.0. The minimum Gasteiger partial charge on any atom is -0.490 e. The first kappa shape index (κ1) is 24.6. The fourth-order valence-electron chi connectivity index (χ4n) is 4.03.